The Balaban J connectivity index is 2.19. The van der Waals surface area contributed by atoms with Gasteiger partial charge in [-0.1, -0.05) is 0 Å². The van der Waals surface area contributed by atoms with Gasteiger partial charge in [0, 0.05) is 19.2 Å². The molecule has 1 aliphatic rings. The molecule has 0 atom stereocenters. The van der Waals surface area contributed by atoms with E-state index in [0.717, 1.165) is 5.69 Å². The highest BCUT2D eigenvalue weighted by molar-refractivity contribution is 5.71. The van der Waals surface area contributed by atoms with Crippen LogP contribution in [-0.4, -0.2) is 43.9 Å². The topological polar surface area (TPSA) is 79.8 Å². The minimum absolute atomic E-state index is 0.0647. The third kappa shape index (κ3) is 2.90. The molecule has 1 aromatic rings. The molecule has 1 aliphatic heterocycles. The Kier molecular flexibility index (Phi) is 3.80. The number of carboxylic acid groups (broad SMARTS) is 1. The molecule has 2 rings (SSSR count). The maximum absolute atomic E-state index is 10.9. The number of carbonyl (C=O) groups is 1. The lowest BCUT2D eigenvalue weighted by atomic mass is 9.88. The molecule has 1 fully saturated rings. The van der Waals surface area contributed by atoms with Crippen LogP contribution in [0.25, 0.3) is 0 Å². The quantitative estimate of drug-likeness (QED) is 0.711. The lowest BCUT2D eigenvalue weighted by Gasteiger charge is -2.43. The van der Waals surface area contributed by atoms with Crippen molar-refractivity contribution in [3.05, 3.63) is 18.2 Å². The zero-order valence-corrected chi connectivity index (χ0v) is 11.0. The SMILES string of the molecule is COc1ccc(NC2(CC(=O)O)CNC2)c(OC)c1. The Morgan fingerprint density at radius 3 is 2.63 bits per heavy atom. The average Bonchev–Trinajstić information content (AvgIpc) is 2.36. The van der Waals surface area contributed by atoms with Gasteiger partial charge in [-0.3, -0.25) is 4.79 Å². The van der Waals surface area contributed by atoms with Crippen LogP contribution in [0.2, 0.25) is 0 Å². The largest absolute Gasteiger partial charge is 0.497 e. The summed E-state index contributed by atoms with van der Waals surface area (Å²) in [5.74, 6) is 0.513. The monoisotopic (exact) mass is 266 g/mol. The second-order valence-corrected chi connectivity index (χ2v) is 4.65. The van der Waals surface area contributed by atoms with Gasteiger partial charge in [-0.15, -0.1) is 0 Å². The maximum atomic E-state index is 10.9. The van der Waals surface area contributed by atoms with E-state index in [9.17, 15) is 4.79 Å². The number of methoxy groups -OCH3 is 2. The molecule has 0 spiro atoms. The minimum Gasteiger partial charge on any atom is -0.497 e. The van der Waals surface area contributed by atoms with Gasteiger partial charge in [0.15, 0.2) is 0 Å². The number of aliphatic carboxylic acids is 1. The Morgan fingerprint density at radius 2 is 2.16 bits per heavy atom. The van der Waals surface area contributed by atoms with E-state index in [1.54, 1.807) is 20.3 Å². The van der Waals surface area contributed by atoms with Gasteiger partial charge in [-0.2, -0.15) is 0 Å². The van der Waals surface area contributed by atoms with E-state index in [1.165, 1.54) is 0 Å². The lowest BCUT2D eigenvalue weighted by Crippen LogP contribution is -2.65. The molecule has 1 aromatic carbocycles. The molecule has 6 heteroatoms. The predicted molar refractivity (Wildman–Crippen MR) is 71.0 cm³/mol. The number of carboxylic acids is 1. The first-order valence-electron chi connectivity index (χ1n) is 6.01. The molecule has 0 aromatic heterocycles. The van der Waals surface area contributed by atoms with Crippen molar-refractivity contribution in [2.24, 2.45) is 0 Å². The molecule has 104 valence electrons. The molecule has 0 radical (unpaired) electrons. The Labute approximate surface area is 111 Å². The summed E-state index contributed by atoms with van der Waals surface area (Å²) in [5.41, 5.74) is 0.319. The molecule has 0 unspecified atom stereocenters. The molecule has 19 heavy (non-hydrogen) atoms. The van der Waals surface area contributed by atoms with Crippen molar-refractivity contribution >= 4 is 11.7 Å². The lowest BCUT2D eigenvalue weighted by molar-refractivity contribution is -0.138. The summed E-state index contributed by atoms with van der Waals surface area (Å²) in [6.45, 7) is 1.24. The van der Waals surface area contributed by atoms with Crippen LogP contribution in [0.3, 0.4) is 0 Å². The van der Waals surface area contributed by atoms with Crippen LogP contribution in [0.15, 0.2) is 18.2 Å². The van der Waals surface area contributed by atoms with Crippen LogP contribution in [0.1, 0.15) is 6.42 Å². The van der Waals surface area contributed by atoms with E-state index in [4.69, 9.17) is 14.6 Å². The average molecular weight is 266 g/mol. The highest BCUT2D eigenvalue weighted by Crippen LogP contribution is 2.33. The summed E-state index contributed by atoms with van der Waals surface area (Å²) >= 11 is 0. The standard InChI is InChI=1S/C13H18N2O4/c1-18-9-3-4-10(11(5-9)19-2)15-13(6-12(16)17)7-14-8-13/h3-5,14-15H,6-8H2,1-2H3,(H,16,17). The highest BCUT2D eigenvalue weighted by Gasteiger charge is 2.39. The third-order valence-electron chi connectivity index (χ3n) is 3.22. The van der Waals surface area contributed by atoms with Crippen LogP contribution in [0.5, 0.6) is 11.5 Å². The second-order valence-electron chi connectivity index (χ2n) is 4.65. The fourth-order valence-electron chi connectivity index (χ4n) is 2.16. The maximum Gasteiger partial charge on any atom is 0.305 e. The summed E-state index contributed by atoms with van der Waals surface area (Å²) in [5, 5.41) is 15.3. The van der Waals surface area contributed by atoms with Gasteiger partial charge in [-0.25, -0.2) is 0 Å². The smallest absolute Gasteiger partial charge is 0.305 e. The summed E-state index contributed by atoms with van der Waals surface area (Å²) in [4.78, 5) is 10.9. The minimum atomic E-state index is -0.818. The third-order valence-corrected chi connectivity index (χ3v) is 3.22. The number of hydrogen-bond acceptors (Lipinski definition) is 5. The molecule has 0 saturated carbocycles. The first-order valence-corrected chi connectivity index (χ1v) is 6.01. The van der Waals surface area contributed by atoms with Crippen LogP contribution in [0.4, 0.5) is 5.69 Å². The number of anilines is 1. The number of benzene rings is 1. The van der Waals surface area contributed by atoms with E-state index in [-0.39, 0.29) is 6.42 Å². The Bertz CT molecular complexity index is 472. The Morgan fingerprint density at radius 1 is 1.42 bits per heavy atom. The van der Waals surface area contributed by atoms with Crippen molar-refractivity contribution in [1.82, 2.24) is 5.32 Å². The second kappa shape index (κ2) is 5.36. The molecular weight excluding hydrogens is 248 g/mol. The molecule has 0 amide bonds. The first kappa shape index (κ1) is 13.5. The molecule has 6 nitrogen and oxygen atoms in total. The van der Waals surface area contributed by atoms with Gasteiger partial charge in [-0.05, 0) is 12.1 Å². The van der Waals surface area contributed by atoms with Crippen molar-refractivity contribution < 1.29 is 19.4 Å². The molecule has 0 aliphatic carbocycles. The first-order chi connectivity index (χ1) is 9.08. The van der Waals surface area contributed by atoms with E-state index in [2.05, 4.69) is 10.6 Å². The van der Waals surface area contributed by atoms with Gasteiger partial charge >= 0.3 is 5.97 Å². The highest BCUT2D eigenvalue weighted by atomic mass is 16.5. The van der Waals surface area contributed by atoms with Crippen molar-refractivity contribution in [3.63, 3.8) is 0 Å². The number of rotatable bonds is 6. The van der Waals surface area contributed by atoms with E-state index < -0.39 is 11.5 Å². The van der Waals surface area contributed by atoms with E-state index in [1.807, 2.05) is 12.1 Å². The van der Waals surface area contributed by atoms with Crippen LogP contribution < -0.4 is 20.1 Å². The summed E-state index contributed by atoms with van der Waals surface area (Å²) < 4.78 is 10.4. The van der Waals surface area contributed by atoms with Gasteiger partial charge < -0.3 is 25.2 Å². The van der Waals surface area contributed by atoms with E-state index >= 15 is 0 Å². The number of nitrogens with one attached hydrogen (secondary N) is 2. The van der Waals surface area contributed by atoms with Crippen molar-refractivity contribution in [2.75, 3.05) is 32.6 Å². The molecule has 1 saturated heterocycles. The summed E-state index contributed by atoms with van der Waals surface area (Å²) in [6, 6.07) is 5.41. The molecule has 0 bridgehead atoms. The zero-order valence-electron chi connectivity index (χ0n) is 11.0. The van der Waals surface area contributed by atoms with Crippen LogP contribution >= 0.6 is 0 Å². The van der Waals surface area contributed by atoms with Crippen molar-refractivity contribution in [2.45, 2.75) is 12.0 Å². The van der Waals surface area contributed by atoms with Crippen LogP contribution in [-0.2, 0) is 4.79 Å². The number of hydrogen-bond donors (Lipinski definition) is 3. The van der Waals surface area contributed by atoms with Gasteiger partial charge in [0.25, 0.3) is 0 Å². The van der Waals surface area contributed by atoms with Crippen molar-refractivity contribution in [1.29, 1.82) is 0 Å². The zero-order chi connectivity index (χ0) is 13.9. The Hall–Kier alpha value is -1.95. The summed E-state index contributed by atoms with van der Waals surface area (Å²) in [7, 11) is 3.16. The van der Waals surface area contributed by atoms with Crippen molar-refractivity contribution in [3.8, 4) is 11.5 Å². The fraction of sp³-hybridized carbons (Fsp3) is 0.462. The van der Waals surface area contributed by atoms with Gasteiger partial charge in [0.2, 0.25) is 0 Å². The predicted octanol–water partition coefficient (Wildman–Crippen LogP) is 0.932. The number of ether oxygens (including phenoxy) is 2. The van der Waals surface area contributed by atoms with Crippen LogP contribution in [0, 0.1) is 0 Å². The molecule has 1 heterocycles. The fourth-order valence-corrected chi connectivity index (χ4v) is 2.16. The summed E-state index contributed by atoms with van der Waals surface area (Å²) in [6.07, 6.45) is 0.0647. The molecular formula is C13H18N2O4. The van der Waals surface area contributed by atoms with E-state index in [0.29, 0.717) is 24.6 Å². The van der Waals surface area contributed by atoms with Gasteiger partial charge in [0.05, 0.1) is 31.9 Å². The normalized spacial score (nSPS) is 16.3. The molecule has 3 N–H and O–H groups in total. The van der Waals surface area contributed by atoms with Gasteiger partial charge in [0.1, 0.15) is 11.5 Å².